The number of anilines is 1. The Hall–Kier alpha value is -1.85. The molecule has 1 N–H and O–H groups in total. The van der Waals surface area contributed by atoms with Crippen LogP contribution in [0, 0.1) is 6.92 Å². The van der Waals surface area contributed by atoms with Crippen molar-refractivity contribution in [1.82, 2.24) is 0 Å². The van der Waals surface area contributed by atoms with Crippen molar-refractivity contribution in [3.8, 4) is 0 Å². The predicted octanol–water partition coefficient (Wildman–Crippen LogP) is 2.94. The molecule has 0 saturated carbocycles. The molecule has 0 atom stereocenters. The van der Waals surface area contributed by atoms with E-state index in [1.165, 1.54) is 0 Å². The Morgan fingerprint density at radius 1 is 1.05 bits per heavy atom. The number of benzene rings is 2. The van der Waals surface area contributed by atoms with Gasteiger partial charge in [0.15, 0.2) is 0 Å². The third-order valence-electron chi connectivity index (χ3n) is 2.90. The highest BCUT2D eigenvalue weighted by molar-refractivity contribution is 7.92. The lowest BCUT2D eigenvalue weighted by atomic mass is 10.2. The minimum absolute atomic E-state index is 0.293. The summed E-state index contributed by atoms with van der Waals surface area (Å²) in [7, 11) is -1.93. The number of rotatable bonds is 5. The van der Waals surface area contributed by atoms with E-state index in [1.54, 1.807) is 44.4 Å². The molecular formula is C15H17NO3S. The fourth-order valence-corrected chi connectivity index (χ4v) is 3.21. The number of nitrogens with one attached hydrogen (secondary N) is 1. The van der Waals surface area contributed by atoms with Gasteiger partial charge < -0.3 is 4.74 Å². The Kier molecular flexibility index (Phi) is 4.42. The minimum Gasteiger partial charge on any atom is -0.380 e. The van der Waals surface area contributed by atoms with Gasteiger partial charge in [0.2, 0.25) is 0 Å². The van der Waals surface area contributed by atoms with Crippen molar-refractivity contribution in [2.75, 3.05) is 11.8 Å². The molecule has 0 unspecified atom stereocenters. The molecule has 0 heterocycles. The van der Waals surface area contributed by atoms with Crippen LogP contribution in [0.25, 0.3) is 0 Å². The number of sulfonamides is 1. The minimum atomic E-state index is -3.55. The van der Waals surface area contributed by atoms with E-state index in [-0.39, 0.29) is 0 Å². The van der Waals surface area contributed by atoms with E-state index in [9.17, 15) is 8.42 Å². The van der Waals surface area contributed by atoms with Gasteiger partial charge in [-0.2, -0.15) is 0 Å². The Morgan fingerprint density at radius 2 is 1.70 bits per heavy atom. The Bertz CT molecular complexity index is 679. The first-order chi connectivity index (χ1) is 9.53. The molecule has 0 fully saturated rings. The number of hydrogen-bond donors (Lipinski definition) is 1. The molecule has 0 spiro atoms. The molecule has 0 aliphatic heterocycles. The summed E-state index contributed by atoms with van der Waals surface area (Å²) in [4.78, 5) is 0.293. The molecular weight excluding hydrogens is 274 g/mol. The number of hydrogen-bond acceptors (Lipinski definition) is 3. The van der Waals surface area contributed by atoms with Gasteiger partial charge in [-0.05, 0) is 36.2 Å². The van der Waals surface area contributed by atoms with E-state index in [2.05, 4.69) is 4.72 Å². The molecule has 0 aromatic heterocycles. The van der Waals surface area contributed by atoms with E-state index in [1.807, 2.05) is 18.2 Å². The standard InChI is InChI=1S/C15H17NO3S/c1-12-5-3-4-6-15(12)20(17,18)16-14-9-7-13(8-10-14)11-19-2/h3-10,16H,11H2,1-2H3. The number of methoxy groups -OCH3 is 1. The van der Waals surface area contributed by atoms with Gasteiger partial charge in [0.1, 0.15) is 0 Å². The zero-order valence-electron chi connectivity index (χ0n) is 11.5. The highest BCUT2D eigenvalue weighted by atomic mass is 32.2. The van der Waals surface area contributed by atoms with Crippen molar-refractivity contribution in [3.63, 3.8) is 0 Å². The summed E-state index contributed by atoms with van der Waals surface area (Å²) in [5.41, 5.74) is 2.25. The van der Waals surface area contributed by atoms with Crippen LogP contribution in [0.3, 0.4) is 0 Å². The first kappa shape index (κ1) is 14.6. The molecule has 0 saturated heterocycles. The lowest BCUT2D eigenvalue weighted by Gasteiger charge is -2.10. The van der Waals surface area contributed by atoms with Crippen LogP contribution >= 0.6 is 0 Å². The molecule has 0 amide bonds. The van der Waals surface area contributed by atoms with E-state index in [4.69, 9.17) is 4.74 Å². The maximum atomic E-state index is 12.3. The molecule has 0 bridgehead atoms. The van der Waals surface area contributed by atoms with Crippen molar-refractivity contribution in [2.24, 2.45) is 0 Å². The lowest BCUT2D eigenvalue weighted by molar-refractivity contribution is 0.185. The average Bonchev–Trinajstić information content (AvgIpc) is 2.41. The smallest absolute Gasteiger partial charge is 0.262 e. The summed E-state index contributed by atoms with van der Waals surface area (Å²) in [5.74, 6) is 0. The van der Waals surface area contributed by atoms with Gasteiger partial charge in [0.25, 0.3) is 10.0 Å². The fourth-order valence-electron chi connectivity index (χ4n) is 1.90. The first-order valence-corrected chi connectivity index (χ1v) is 7.67. The molecule has 5 heteroatoms. The van der Waals surface area contributed by atoms with Crippen molar-refractivity contribution in [1.29, 1.82) is 0 Å². The van der Waals surface area contributed by atoms with E-state index in [0.717, 1.165) is 11.1 Å². The van der Waals surface area contributed by atoms with Gasteiger partial charge in [0, 0.05) is 12.8 Å². The van der Waals surface area contributed by atoms with Gasteiger partial charge in [-0.3, -0.25) is 4.72 Å². The van der Waals surface area contributed by atoms with Gasteiger partial charge in [-0.1, -0.05) is 30.3 Å². The van der Waals surface area contributed by atoms with Crippen molar-refractivity contribution >= 4 is 15.7 Å². The van der Waals surface area contributed by atoms with Crippen LogP contribution in [-0.4, -0.2) is 15.5 Å². The molecule has 20 heavy (non-hydrogen) atoms. The van der Waals surface area contributed by atoms with Crippen LogP contribution in [0.2, 0.25) is 0 Å². The highest BCUT2D eigenvalue weighted by Crippen LogP contribution is 2.19. The monoisotopic (exact) mass is 291 g/mol. The van der Waals surface area contributed by atoms with Crippen LogP contribution < -0.4 is 4.72 Å². The van der Waals surface area contributed by atoms with Crippen molar-refractivity contribution in [2.45, 2.75) is 18.4 Å². The molecule has 0 aliphatic rings. The highest BCUT2D eigenvalue weighted by Gasteiger charge is 2.16. The van der Waals surface area contributed by atoms with Crippen LogP contribution in [0.5, 0.6) is 0 Å². The van der Waals surface area contributed by atoms with Gasteiger partial charge in [0.05, 0.1) is 11.5 Å². The SMILES string of the molecule is COCc1ccc(NS(=O)(=O)c2ccccc2C)cc1. The molecule has 0 radical (unpaired) electrons. The Labute approximate surface area is 119 Å². The second-order valence-corrected chi connectivity index (χ2v) is 6.15. The van der Waals surface area contributed by atoms with Crippen molar-refractivity contribution in [3.05, 3.63) is 59.7 Å². The zero-order chi connectivity index (χ0) is 14.6. The molecule has 2 aromatic rings. The summed E-state index contributed by atoms with van der Waals surface area (Å²) in [5, 5.41) is 0. The molecule has 0 aliphatic carbocycles. The number of aryl methyl sites for hydroxylation is 1. The second-order valence-electron chi connectivity index (χ2n) is 4.50. The summed E-state index contributed by atoms with van der Waals surface area (Å²) in [6.45, 7) is 2.28. The third kappa shape index (κ3) is 3.37. The van der Waals surface area contributed by atoms with Crippen LogP contribution in [0.15, 0.2) is 53.4 Å². The quantitative estimate of drug-likeness (QED) is 0.921. The van der Waals surface area contributed by atoms with Gasteiger partial charge >= 0.3 is 0 Å². The van der Waals surface area contributed by atoms with Crippen molar-refractivity contribution < 1.29 is 13.2 Å². The first-order valence-electron chi connectivity index (χ1n) is 6.19. The summed E-state index contributed by atoms with van der Waals surface area (Å²) < 4.78 is 32.2. The summed E-state index contributed by atoms with van der Waals surface area (Å²) >= 11 is 0. The van der Waals surface area contributed by atoms with Gasteiger partial charge in [-0.25, -0.2) is 8.42 Å². The van der Waals surface area contributed by atoms with Gasteiger partial charge in [-0.15, -0.1) is 0 Å². The van der Waals surface area contributed by atoms with Crippen LogP contribution in [0.1, 0.15) is 11.1 Å². The molecule has 2 aromatic carbocycles. The molecule has 4 nitrogen and oxygen atoms in total. The molecule has 106 valence electrons. The number of ether oxygens (including phenoxy) is 1. The van der Waals surface area contributed by atoms with Crippen LogP contribution in [-0.2, 0) is 21.4 Å². The Balaban J connectivity index is 2.22. The summed E-state index contributed by atoms with van der Waals surface area (Å²) in [6.07, 6.45) is 0. The normalized spacial score (nSPS) is 11.3. The van der Waals surface area contributed by atoms with E-state index < -0.39 is 10.0 Å². The topological polar surface area (TPSA) is 55.4 Å². The largest absolute Gasteiger partial charge is 0.380 e. The fraction of sp³-hybridized carbons (Fsp3) is 0.200. The zero-order valence-corrected chi connectivity index (χ0v) is 12.3. The van der Waals surface area contributed by atoms with E-state index >= 15 is 0 Å². The third-order valence-corrected chi connectivity index (χ3v) is 4.44. The van der Waals surface area contributed by atoms with E-state index in [0.29, 0.717) is 17.2 Å². The van der Waals surface area contributed by atoms with Crippen LogP contribution in [0.4, 0.5) is 5.69 Å². The maximum Gasteiger partial charge on any atom is 0.262 e. The summed E-state index contributed by atoms with van der Waals surface area (Å²) in [6, 6.07) is 14.0. The second kappa shape index (κ2) is 6.07. The average molecular weight is 291 g/mol. The maximum absolute atomic E-state index is 12.3. The molecule has 2 rings (SSSR count). The predicted molar refractivity (Wildman–Crippen MR) is 79.1 cm³/mol. The Morgan fingerprint density at radius 3 is 2.30 bits per heavy atom. The lowest BCUT2D eigenvalue weighted by Crippen LogP contribution is -2.14.